The zero-order chi connectivity index (χ0) is 24.3. The fourth-order valence-electron chi connectivity index (χ4n) is 4.25. The molecule has 1 fully saturated rings. The topological polar surface area (TPSA) is 113 Å². The van der Waals surface area contributed by atoms with Crippen LogP contribution in [0.2, 0.25) is 0 Å². The van der Waals surface area contributed by atoms with E-state index in [1.54, 1.807) is 36.4 Å². The third-order valence-electron chi connectivity index (χ3n) is 5.99. The number of nitrogens with one attached hydrogen (secondary N) is 3. The van der Waals surface area contributed by atoms with Crippen LogP contribution in [0.5, 0.6) is 5.75 Å². The number of aromatic nitrogens is 2. The van der Waals surface area contributed by atoms with Crippen LogP contribution in [0.15, 0.2) is 77.7 Å². The Labute approximate surface area is 203 Å². The molecule has 1 aromatic heterocycles. The number of rotatable bonds is 8. The summed E-state index contributed by atoms with van der Waals surface area (Å²) in [6, 6.07) is 21.2. The zero-order valence-electron chi connectivity index (χ0n) is 19.0. The summed E-state index contributed by atoms with van der Waals surface area (Å²) in [5.74, 6) is 0.214. The smallest absolute Gasteiger partial charge is 0.339 e. The largest absolute Gasteiger partial charge is 0.382 e. The van der Waals surface area contributed by atoms with E-state index in [4.69, 9.17) is 4.18 Å². The maximum absolute atomic E-state index is 12.8. The molecule has 8 nitrogen and oxygen atoms in total. The Bertz CT molecular complexity index is 1430. The van der Waals surface area contributed by atoms with Gasteiger partial charge < -0.3 is 14.5 Å². The molecular formula is C26H26N4O4S. The first-order valence-corrected chi connectivity index (χ1v) is 13.0. The van der Waals surface area contributed by atoms with Gasteiger partial charge in [0.2, 0.25) is 11.9 Å². The molecule has 1 amide bonds. The van der Waals surface area contributed by atoms with Crippen molar-refractivity contribution in [2.75, 3.05) is 10.6 Å². The van der Waals surface area contributed by atoms with E-state index in [-0.39, 0.29) is 28.9 Å². The molecule has 4 aromatic rings. The lowest BCUT2D eigenvalue weighted by Gasteiger charge is -2.14. The lowest BCUT2D eigenvalue weighted by molar-refractivity contribution is -0.115. The Kier molecular flexibility index (Phi) is 6.41. The average molecular weight is 491 g/mol. The van der Waals surface area contributed by atoms with Gasteiger partial charge in [0.1, 0.15) is 10.6 Å². The summed E-state index contributed by atoms with van der Waals surface area (Å²) in [6.07, 6.45) is 4.94. The first kappa shape index (κ1) is 22.9. The van der Waals surface area contributed by atoms with Crippen LogP contribution < -0.4 is 14.8 Å². The molecule has 180 valence electrons. The van der Waals surface area contributed by atoms with Gasteiger partial charge >= 0.3 is 10.1 Å². The van der Waals surface area contributed by atoms with E-state index >= 15 is 0 Å². The summed E-state index contributed by atoms with van der Waals surface area (Å²) in [6.45, 7) is 0. The van der Waals surface area contributed by atoms with Crippen molar-refractivity contribution in [1.82, 2.24) is 9.97 Å². The molecular weight excluding hydrogens is 464 g/mol. The number of nitrogens with zero attached hydrogens (tertiary/aromatic N) is 1. The maximum atomic E-state index is 12.8. The highest BCUT2D eigenvalue weighted by Gasteiger charge is 2.19. The molecule has 1 aliphatic rings. The van der Waals surface area contributed by atoms with Gasteiger partial charge in [-0.3, -0.25) is 10.1 Å². The van der Waals surface area contributed by atoms with Gasteiger partial charge in [-0.15, -0.1) is 0 Å². The van der Waals surface area contributed by atoms with Gasteiger partial charge in [0.25, 0.3) is 0 Å². The lowest BCUT2D eigenvalue weighted by Crippen LogP contribution is -2.15. The van der Waals surface area contributed by atoms with E-state index in [1.807, 2.05) is 30.3 Å². The minimum atomic E-state index is -4.01. The Hall–Kier alpha value is -3.85. The number of benzene rings is 3. The quantitative estimate of drug-likeness (QED) is 0.304. The highest BCUT2D eigenvalue weighted by Crippen LogP contribution is 2.26. The predicted molar refractivity (Wildman–Crippen MR) is 135 cm³/mol. The molecule has 0 atom stereocenters. The minimum Gasteiger partial charge on any atom is -0.382 e. The maximum Gasteiger partial charge on any atom is 0.339 e. The molecule has 0 unspecified atom stereocenters. The van der Waals surface area contributed by atoms with Crippen molar-refractivity contribution >= 4 is 38.7 Å². The van der Waals surface area contributed by atoms with E-state index in [2.05, 4.69) is 20.6 Å². The van der Waals surface area contributed by atoms with Crippen molar-refractivity contribution in [3.63, 3.8) is 0 Å². The number of amides is 1. The molecule has 1 saturated carbocycles. The molecule has 5 rings (SSSR count). The Balaban J connectivity index is 1.25. The highest BCUT2D eigenvalue weighted by molar-refractivity contribution is 7.87. The molecule has 0 bridgehead atoms. The first-order valence-electron chi connectivity index (χ1n) is 11.6. The van der Waals surface area contributed by atoms with Gasteiger partial charge in [-0.25, -0.2) is 4.98 Å². The van der Waals surface area contributed by atoms with Gasteiger partial charge in [-0.05, 0) is 54.8 Å². The van der Waals surface area contributed by atoms with Crippen LogP contribution in [0.25, 0.3) is 11.0 Å². The molecule has 35 heavy (non-hydrogen) atoms. The van der Waals surface area contributed by atoms with Crippen LogP contribution in [0.3, 0.4) is 0 Å². The van der Waals surface area contributed by atoms with Gasteiger partial charge in [0.15, 0.2) is 0 Å². The van der Waals surface area contributed by atoms with E-state index < -0.39 is 10.1 Å². The van der Waals surface area contributed by atoms with Crippen LogP contribution in [0.4, 0.5) is 11.6 Å². The van der Waals surface area contributed by atoms with Gasteiger partial charge in [-0.1, -0.05) is 43.2 Å². The van der Waals surface area contributed by atoms with Crippen molar-refractivity contribution in [2.45, 2.75) is 43.0 Å². The summed E-state index contributed by atoms with van der Waals surface area (Å²) in [4.78, 5) is 19.7. The van der Waals surface area contributed by atoms with E-state index in [9.17, 15) is 13.2 Å². The summed E-state index contributed by atoms with van der Waals surface area (Å²) in [5.41, 5.74) is 2.91. The standard InChI is InChI=1S/C26H26N4O4S/c31-25(16-18-6-2-1-3-7-18)30-26-28-23-15-12-21(17-24(23)29-26)34-35(32,33)22-13-10-20(11-14-22)27-19-8-4-5-9-19/h1-3,6-7,10-15,17,19,27H,4-5,8-9,16H2,(H2,28,29,30,31). The Morgan fingerprint density at radius 1 is 1.00 bits per heavy atom. The summed E-state index contributed by atoms with van der Waals surface area (Å²) in [5, 5.41) is 6.17. The second-order valence-corrected chi connectivity index (χ2v) is 10.2. The van der Waals surface area contributed by atoms with Gasteiger partial charge in [-0.2, -0.15) is 8.42 Å². The number of carbonyl (C=O) groups excluding carboxylic acids is 1. The number of anilines is 2. The van der Waals surface area contributed by atoms with Crippen LogP contribution in [0, 0.1) is 0 Å². The second kappa shape index (κ2) is 9.79. The van der Waals surface area contributed by atoms with Crippen LogP contribution in [-0.2, 0) is 21.3 Å². The fraction of sp³-hybridized carbons (Fsp3) is 0.231. The molecule has 3 N–H and O–H groups in total. The fourth-order valence-corrected chi connectivity index (χ4v) is 5.18. The number of hydrogen-bond donors (Lipinski definition) is 3. The number of imidazole rings is 1. The molecule has 1 aliphatic carbocycles. The molecule has 0 saturated heterocycles. The highest BCUT2D eigenvalue weighted by atomic mass is 32.2. The molecule has 9 heteroatoms. The van der Waals surface area contributed by atoms with Crippen molar-refractivity contribution in [3.8, 4) is 5.75 Å². The van der Waals surface area contributed by atoms with Gasteiger partial charge in [0, 0.05) is 17.8 Å². The molecule has 0 aliphatic heterocycles. The van der Waals surface area contributed by atoms with Crippen LogP contribution in [0.1, 0.15) is 31.2 Å². The zero-order valence-corrected chi connectivity index (χ0v) is 19.8. The Morgan fingerprint density at radius 3 is 2.49 bits per heavy atom. The Morgan fingerprint density at radius 2 is 1.74 bits per heavy atom. The van der Waals surface area contributed by atoms with Crippen molar-refractivity contribution in [2.24, 2.45) is 0 Å². The second-order valence-electron chi connectivity index (χ2n) is 8.66. The first-order chi connectivity index (χ1) is 16.9. The third kappa shape index (κ3) is 5.63. The summed E-state index contributed by atoms with van der Waals surface area (Å²) < 4.78 is 30.9. The summed E-state index contributed by atoms with van der Waals surface area (Å²) in [7, 11) is -4.01. The third-order valence-corrected chi connectivity index (χ3v) is 7.26. The number of fused-ring (bicyclic) bond motifs is 1. The predicted octanol–water partition coefficient (Wildman–Crippen LogP) is 4.87. The number of H-pyrrole nitrogens is 1. The van der Waals surface area contributed by atoms with E-state index in [1.165, 1.54) is 18.9 Å². The van der Waals surface area contributed by atoms with Crippen molar-refractivity contribution in [3.05, 3.63) is 78.4 Å². The lowest BCUT2D eigenvalue weighted by atomic mass is 10.1. The van der Waals surface area contributed by atoms with E-state index in [0.717, 1.165) is 24.1 Å². The minimum absolute atomic E-state index is 0.0745. The van der Waals surface area contributed by atoms with Gasteiger partial charge in [0.05, 0.1) is 17.5 Å². The molecule has 0 radical (unpaired) electrons. The average Bonchev–Trinajstić information content (AvgIpc) is 3.49. The molecule has 0 spiro atoms. The SMILES string of the molecule is O=C(Cc1ccccc1)Nc1nc2cc(OS(=O)(=O)c3ccc(NC4CCCC4)cc3)ccc2[nH]1. The molecule has 3 aromatic carbocycles. The van der Waals surface area contributed by atoms with E-state index in [0.29, 0.717) is 17.1 Å². The normalized spacial score (nSPS) is 14.2. The number of aromatic amines is 1. The van der Waals surface area contributed by atoms with Crippen LogP contribution in [-0.4, -0.2) is 30.3 Å². The molecule has 1 heterocycles. The number of carbonyl (C=O) groups is 1. The monoisotopic (exact) mass is 490 g/mol. The number of hydrogen-bond acceptors (Lipinski definition) is 6. The van der Waals surface area contributed by atoms with Crippen molar-refractivity contribution < 1.29 is 17.4 Å². The summed E-state index contributed by atoms with van der Waals surface area (Å²) >= 11 is 0. The van der Waals surface area contributed by atoms with Crippen LogP contribution >= 0.6 is 0 Å². The van der Waals surface area contributed by atoms with Crippen molar-refractivity contribution in [1.29, 1.82) is 0 Å².